The average molecular weight is 519 g/mol. The number of anilines is 1. The lowest BCUT2D eigenvalue weighted by molar-refractivity contribution is -0.140. The molecule has 2 aromatic carbocycles. The van der Waals surface area contributed by atoms with Crippen LogP contribution in [-0.4, -0.2) is 62.2 Å². The van der Waals surface area contributed by atoms with Crippen LogP contribution in [0.1, 0.15) is 44.6 Å². The zero-order chi connectivity index (χ0) is 26.3. The summed E-state index contributed by atoms with van der Waals surface area (Å²) in [6.45, 7) is 1.44. The summed E-state index contributed by atoms with van der Waals surface area (Å²) in [7, 11) is -1.36. The summed E-state index contributed by atoms with van der Waals surface area (Å²) in [5, 5.41) is 3.08. The van der Waals surface area contributed by atoms with Crippen LogP contribution in [0.2, 0.25) is 0 Å². The number of benzene rings is 2. The van der Waals surface area contributed by atoms with Crippen molar-refractivity contribution < 1.29 is 22.4 Å². The fraction of sp³-hybridized carbons (Fsp3) is 0.462. The maximum absolute atomic E-state index is 13.8. The fourth-order valence-electron chi connectivity index (χ4n) is 4.39. The molecule has 0 unspecified atom stereocenters. The van der Waals surface area contributed by atoms with Gasteiger partial charge in [-0.1, -0.05) is 50.1 Å². The van der Waals surface area contributed by atoms with Gasteiger partial charge in [-0.3, -0.25) is 9.59 Å². The largest absolute Gasteiger partial charge is 0.352 e. The minimum Gasteiger partial charge on any atom is -0.352 e. The minimum absolute atomic E-state index is 0.0880. The first-order valence-corrected chi connectivity index (χ1v) is 13.6. The van der Waals surface area contributed by atoms with Crippen LogP contribution in [0.4, 0.5) is 10.1 Å². The molecule has 36 heavy (non-hydrogen) atoms. The average Bonchev–Trinajstić information content (AvgIpc) is 3.36. The van der Waals surface area contributed by atoms with Gasteiger partial charge in [0.05, 0.1) is 5.69 Å². The first kappa shape index (κ1) is 27.6. The van der Waals surface area contributed by atoms with Gasteiger partial charge in [0.15, 0.2) is 0 Å². The van der Waals surface area contributed by atoms with E-state index in [0.717, 1.165) is 52.0 Å². The topological polar surface area (TPSA) is 90.0 Å². The van der Waals surface area contributed by atoms with Crippen molar-refractivity contribution in [1.29, 1.82) is 0 Å². The third-order valence-corrected chi connectivity index (χ3v) is 8.24. The van der Waals surface area contributed by atoms with Gasteiger partial charge in [-0.15, -0.1) is 0 Å². The van der Waals surface area contributed by atoms with Crippen LogP contribution in [0, 0.1) is 5.82 Å². The number of carbonyl (C=O) groups excluding carboxylic acids is 2. The molecule has 3 rings (SSSR count). The molecular weight excluding hydrogens is 483 g/mol. The molecule has 2 amide bonds. The van der Waals surface area contributed by atoms with Crippen molar-refractivity contribution in [3.63, 3.8) is 0 Å². The second-order valence-electron chi connectivity index (χ2n) is 9.19. The molecule has 1 aliphatic carbocycles. The van der Waals surface area contributed by atoms with Crippen LogP contribution in [-0.2, 0) is 26.3 Å². The van der Waals surface area contributed by atoms with E-state index in [1.54, 1.807) is 0 Å². The van der Waals surface area contributed by atoms with Gasteiger partial charge >= 0.3 is 10.2 Å². The lowest BCUT2D eigenvalue weighted by Gasteiger charge is -2.34. The molecule has 0 spiro atoms. The highest BCUT2D eigenvalue weighted by atomic mass is 32.2. The summed E-state index contributed by atoms with van der Waals surface area (Å²) in [4.78, 5) is 28.5. The molecule has 1 aliphatic rings. The molecule has 2 aromatic rings. The molecule has 0 heterocycles. The van der Waals surface area contributed by atoms with E-state index in [0.29, 0.717) is 6.42 Å². The van der Waals surface area contributed by atoms with Crippen molar-refractivity contribution >= 4 is 27.7 Å². The molecule has 1 saturated carbocycles. The number of rotatable bonds is 11. The second kappa shape index (κ2) is 12.3. The Morgan fingerprint density at radius 1 is 1.03 bits per heavy atom. The van der Waals surface area contributed by atoms with E-state index in [4.69, 9.17) is 0 Å². The fourth-order valence-corrected chi connectivity index (χ4v) is 5.45. The van der Waals surface area contributed by atoms with E-state index in [1.807, 2.05) is 37.3 Å². The maximum Gasteiger partial charge on any atom is 0.304 e. The van der Waals surface area contributed by atoms with Crippen LogP contribution in [0.3, 0.4) is 0 Å². The SMILES string of the molecule is CC[C@H](C(=O)NC1CCCC1)N(Cc1ccccc1)C(=O)CN(c1ccc(F)cc1)S(=O)(=O)N(C)C. The minimum atomic E-state index is -4.08. The van der Waals surface area contributed by atoms with Crippen molar-refractivity contribution in [2.75, 3.05) is 24.9 Å². The van der Waals surface area contributed by atoms with Crippen molar-refractivity contribution in [2.24, 2.45) is 0 Å². The van der Waals surface area contributed by atoms with Crippen LogP contribution in [0.5, 0.6) is 0 Å². The van der Waals surface area contributed by atoms with Crippen LogP contribution >= 0.6 is 0 Å². The Balaban J connectivity index is 1.94. The zero-order valence-corrected chi connectivity index (χ0v) is 21.9. The molecule has 196 valence electrons. The number of amides is 2. The highest BCUT2D eigenvalue weighted by Crippen LogP contribution is 2.22. The van der Waals surface area contributed by atoms with Gasteiger partial charge in [0, 0.05) is 26.7 Å². The standard InChI is InChI=1S/C26H35FN4O4S/c1-4-24(26(33)28-22-12-8-9-13-22)30(18-20-10-6-5-7-11-20)25(32)19-31(36(34,35)29(2)3)23-16-14-21(27)15-17-23/h5-7,10-11,14-17,22,24H,4,8-9,12-13,18-19H2,1-3H3,(H,28,33)/t24-/m1/s1. The lowest BCUT2D eigenvalue weighted by atomic mass is 10.1. The molecule has 0 aliphatic heterocycles. The number of halogens is 1. The highest BCUT2D eigenvalue weighted by molar-refractivity contribution is 7.90. The van der Waals surface area contributed by atoms with Gasteiger partial charge < -0.3 is 10.2 Å². The van der Waals surface area contributed by atoms with E-state index < -0.39 is 34.5 Å². The maximum atomic E-state index is 13.8. The van der Waals surface area contributed by atoms with E-state index in [9.17, 15) is 22.4 Å². The summed E-state index contributed by atoms with van der Waals surface area (Å²) in [6, 6.07) is 13.5. The second-order valence-corrected chi connectivity index (χ2v) is 11.3. The molecule has 0 bridgehead atoms. The number of hydrogen-bond acceptors (Lipinski definition) is 4. The van der Waals surface area contributed by atoms with E-state index in [-0.39, 0.29) is 24.2 Å². The Labute approximate surface area is 213 Å². The van der Waals surface area contributed by atoms with Crippen LogP contribution in [0.25, 0.3) is 0 Å². The quantitative estimate of drug-likeness (QED) is 0.494. The monoisotopic (exact) mass is 518 g/mol. The van der Waals surface area contributed by atoms with Crippen LogP contribution in [0.15, 0.2) is 54.6 Å². The Kier molecular flexibility index (Phi) is 9.44. The van der Waals surface area contributed by atoms with Gasteiger partial charge in [0.1, 0.15) is 18.4 Å². The highest BCUT2D eigenvalue weighted by Gasteiger charge is 2.34. The van der Waals surface area contributed by atoms with Gasteiger partial charge in [-0.05, 0) is 49.1 Å². The van der Waals surface area contributed by atoms with Crippen molar-refractivity contribution in [2.45, 2.75) is 57.7 Å². The molecule has 8 nitrogen and oxygen atoms in total. The van der Waals surface area contributed by atoms with Gasteiger partial charge in [0.2, 0.25) is 11.8 Å². The summed E-state index contributed by atoms with van der Waals surface area (Å²) in [6.07, 6.45) is 4.31. The summed E-state index contributed by atoms with van der Waals surface area (Å²) >= 11 is 0. The molecule has 1 N–H and O–H groups in total. The zero-order valence-electron chi connectivity index (χ0n) is 21.1. The molecule has 1 fully saturated rings. The van der Waals surface area contributed by atoms with Crippen molar-refractivity contribution in [1.82, 2.24) is 14.5 Å². The number of nitrogens with one attached hydrogen (secondary N) is 1. The first-order valence-electron chi connectivity index (χ1n) is 12.2. The molecule has 1 atom stereocenters. The number of carbonyl (C=O) groups is 2. The summed E-state index contributed by atoms with van der Waals surface area (Å²) in [5.74, 6) is -1.29. The summed E-state index contributed by atoms with van der Waals surface area (Å²) < 4.78 is 41.8. The molecule has 10 heteroatoms. The summed E-state index contributed by atoms with van der Waals surface area (Å²) in [5.41, 5.74) is 0.975. The Hall–Kier alpha value is -2.98. The van der Waals surface area contributed by atoms with Gasteiger partial charge in [0.25, 0.3) is 0 Å². The predicted octanol–water partition coefficient (Wildman–Crippen LogP) is 3.30. The Morgan fingerprint density at radius 2 is 1.64 bits per heavy atom. The van der Waals surface area contributed by atoms with Crippen LogP contribution < -0.4 is 9.62 Å². The molecule has 0 aromatic heterocycles. The van der Waals surface area contributed by atoms with E-state index in [2.05, 4.69) is 5.32 Å². The van der Waals surface area contributed by atoms with Crippen molar-refractivity contribution in [3.8, 4) is 0 Å². The Bertz CT molecular complexity index is 1120. The molecule has 0 radical (unpaired) electrons. The predicted molar refractivity (Wildman–Crippen MR) is 138 cm³/mol. The molecular formula is C26H35FN4O4S. The number of hydrogen-bond donors (Lipinski definition) is 1. The third-order valence-electron chi connectivity index (χ3n) is 6.42. The number of nitrogens with zero attached hydrogens (tertiary/aromatic N) is 3. The lowest BCUT2D eigenvalue weighted by Crippen LogP contribution is -2.54. The van der Waals surface area contributed by atoms with E-state index >= 15 is 0 Å². The van der Waals surface area contributed by atoms with Crippen molar-refractivity contribution in [3.05, 3.63) is 66.0 Å². The normalized spacial score (nSPS) is 15.0. The van der Waals surface area contributed by atoms with Gasteiger partial charge in [-0.2, -0.15) is 12.7 Å². The van der Waals surface area contributed by atoms with Gasteiger partial charge in [-0.25, -0.2) is 8.70 Å². The first-order chi connectivity index (χ1) is 17.1. The Morgan fingerprint density at radius 3 is 2.19 bits per heavy atom. The van der Waals surface area contributed by atoms with E-state index in [1.165, 1.54) is 31.1 Å². The smallest absolute Gasteiger partial charge is 0.304 e. The third kappa shape index (κ3) is 6.82. The molecule has 0 saturated heterocycles.